The summed E-state index contributed by atoms with van der Waals surface area (Å²) in [4.78, 5) is 34.3. The Morgan fingerprint density at radius 2 is 1.97 bits per heavy atom. The number of nitrogens with zero attached hydrogens (tertiary/aromatic N) is 5. The Kier molecular flexibility index (Phi) is 4.86. The molecule has 30 heavy (non-hydrogen) atoms. The van der Waals surface area contributed by atoms with Crippen molar-refractivity contribution >= 4 is 28.8 Å². The number of likely N-dealkylation sites (N-methyl/N-ethyl adjacent to an activating group) is 2. The SMILES string of the molecule is COc1ccc(N2C(=O)c3cc([N+](=O)[O-])ccc3N=C3C2N(C)CCN3C)cc1F. The maximum absolute atomic E-state index is 14.5. The number of hydrogen-bond donors (Lipinski definition) is 0. The summed E-state index contributed by atoms with van der Waals surface area (Å²) in [6.07, 6.45) is -0.601. The van der Waals surface area contributed by atoms with Crippen molar-refractivity contribution in [2.75, 3.05) is 39.2 Å². The second-order valence-electron chi connectivity index (χ2n) is 7.20. The average molecular weight is 413 g/mol. The zero-order valence-electron chi connectivity index (χ0n) is 16.7. The lowest BCUT2D eigenvalue weighted by Gasteiger charge is -2.44. The fourth-order valence-corrected chi connectivity index (χ4v) is 3.73. The van der Waals surface area contributed by atoms with Gasteiger partial charge in [-0.3, -0.25) is 24.7 Å². The van der Waals surface area contributed by atoms with E-state index in [0.29, 0.717) is 30.3 Å². The minimum absolute atomic E-state index is 0.0556. The molecule has 2 heterocycles. The number of rotatable bonds is 3. The van der Waals surface area contributed by atoms with Crippen LogP contribution in [0.15, 0.2) is 41.4 Å². The highest BCUT2D eigenvalue weighted by molar-refractivity contribution is 6.15. The monoisotopic (exact) mass is 413 g/mol. The standard InChI is InChI=1S/C20H20FN5O4/c1-23-8-9-24(2)19-18(23)22-16-6-4-13(26(28)29)10-14(16)20(27)25(19)12-5-7-17(30-3)15(21)11-12/h4-7,10-11,19H,8-9H2,1-3H3. The van der Waals surface area contributed by atoms with Gasteiger partial charge in [-0.1, -0.05) is 0 Å². The smallest absolute Gasteiger partial charge is 0.270 e. The van der Waals surface area contributed by atoms with Crippen molar-refractivity contribution in [1.29, 1.82) is 0 Å². The van der Waals surface area contributed by atoms with Gasteiger partial charge in [-0.05, 0) is 25.2 Å². The first kappa shape index (κ1) is 19.8. The van der Waals surface area contributed by atoms with Crippen molar-refractivity contribution in [3.63, 3.8) is 0 Å². The summed E-state index contributed by atoms with van der Waals surface area (Å²) < 4.78 is 19.5. The summed E-state index contributed by atoms with van der Waals surface area (Å²) in [7, 11) is 5.08. The third kappa shape index (κ3) is 3.14. The molecule has 2 aliphatic rings. The Labute approximate surface area is 172 Å². The van der Waals surface area contributed by atoms with Crippen LogP contribution in [-0.4, -0.2) is 66.9 Å². The molecule has 1 atom stereocenters. The van der Waals surface area contributed by atoms with E-state index in [1.807, 2.05) is 23.9 Å². The molecule has 0 aliphatic carbocycles. The van der Waals surface area contributed by atoms with Gasteiger partial charge in [0.25, 0.3) is 11.6 Å². The molecule has 1 amide bonds. The van der Waals surface area contributed by atoms with Crippen LogP contribution < -0.4 is 9.64 Å². The van der Waals surface area contributed by atoms with Crippen molar-refractivity contribution in [3.8, 4) is 5.75 Å². The number of aliphatic imine (C=N–C) groups is 1. The molecular weight excluding hydrogens is 393 g/mol. The van der Waals surface area contributed by atoms with E-state index in [1.165, 1.54) is 42.3 Å². The minimum Gasteiger partial charge on any atom is -0.494 e. The second kappa shape index (κ2) is 7.38. The van der Waals surface area contributed by atoms with Gasteiger partial charge in [0.1, 0.15) is 12.0 Å². The maximum atomic E-state index is 14.5. The van der Waals surface area contributed by atoms with Gasteiger partial charge in [-0.2, -0.15) is 0 Å². The largest absolute Gasteiger partial charge is 0.494 e. The number of ether oxygens (including phenoxy) is 1. The molecule has 0 bridgehead atoms. The molecule has 4 rings (SSSR count). The van der Waals surface area contributed by atoms with Crippen LogP contribution >= 0.6 is 0 Å². The molecule has 0 saturated carbocycles. The number of anilines is 1. The lowest BCUT2D eigenvalue weighted by molar-refractivity contribution is -0.384. The number of benzene rings is 2. The predicted octanol–water partition coefficient (Wildman–Crippen LogP) is 2.64. The van der Waals surface area contributed by atoms with Gasteiger partial charge in [-0.15, -0.1) is 0 Å². The first-order chi connectivity index (χ1) is 14.3. The fourth-order valence-electron chi connectivity index (χ4n) is 3.73. The molecule has 1 unspecified atom stereocenters. The number of amides is 1. The number of nitro groups is 1. The third-order valence-corrected chi connectivity index (χ3v) is 5.36. The van der Waals surface area contributed by atoms with Crippen LogP contribution in [0.1, 0.15) is 10.4 Å². The van der Waals surface area contributed by atoms with Crippen molar-refractivity contribution in [2.24, 2.45) is 4.99 Å². The summed E-state index contributed by atoms with van der Waals surface area (Å²) >= 11 is 0. The maximum Gasteiger partial charge on any atom is 0.270 e. The number of carbonyl (C=O) groups excluding carboxylic acids is 1. The van der Waals surface area contributed by atoms with Crippen LogP contribution in [0.5, 0.6) is 5.75 Å². The van der Waals surface area contributed by atoms with Gasteiger partial charge in [0, 0.05) is 44.0 Å². The van der Waals surface area contributed by atoms with E-state index in [1.54, 1.807) is 6.07 Å². The Bertz CT molecular complexity index is 1070. The van der Waals surface area contributed by atoms with Crippen molar-refractivity contribution < 1.29 is 18.8 Å². The zero-order valence-corrected chi connectivity index (χ0v) is 16.7. The van der Waals surface area contributed by atoms with Crippen LogP contribution in [0.4, 0.5) is 21.5 Å². The predicted molar refractivity (Wildman–Crippen MR) is 109 cm³/mol. The number of non-ortho nitro benzene ring substituents is 1. The van der Waals surface area contributed by atoms with E-state index in [9.17, 15) is 19.3 Å². The molecule has 2 aromatic rings. The van der Waals surface area contributed by atoms with Gasteiger partial charge in [0.15, 0.2) is 11.6 Å². The number of fused-ring (bicyclic) bond motifs is 2. The van der Waals surface area contributed by atoms with Crippen LogP contribution in [0.25, 0.3) is 0 Å². The molecule has 2 aromatic carbocycles. The number of hydrogen-bond acceptors (Lipinski definition) is 7. The number of piperazine rings is 1. The van der Waals surface area contributed by atoms with Gasteiger partial charge >= 0.3 is 0 Å². The molecular formula is C20H20FN5O4. The molecule has 1 saturated heterocycles. The van der Waals surface area contributed by atoms with E-state index in [4.69, 9.17) is 4.74 Å². The molecule has 156 valence electrons. The van der Waals surface area contributed by atoms with Crippen molar-refractivity contribution in [1.82, 2.24) is 9.80 Å². The van der Waals surface area contributed by atoms with E-state index in [0.717, 1.165) is 0 Å². The van der Waals surface area contributed by atoms with Gasteiger partial charge in [0.2, 0.25) is 0 Å². The Balaban J connectivity index is 1.94. The van der Waals surface area contributed by atoms with Gasteiger partial charge < -0.3 is 9.64 Å². The summed E-state index contributed by atoms with van der Waals surface area (Å²) in [5.74, 6) is -0.457. The molecule has 10 heteroatoms. The number of amidine groups is 1. The number of carbonyl (C=O) groups is 1. The molecule has 0 spiro atoms. The lowest BCUT2D eigenvalue weighted by Crippen LogP contribution is -2.62. The lowest BCUT2D eigenvalue weighted by atomic mass is 10.1. The Morgan fingerprint density at radius 1 is 1.20 bits per heavy atom. The first-order valence-corrected chi connectivity index (χ1v) is 9.27. The Hall–Kier alpha value is -3.53. The number of methoxy groups -OCH3 is 1. The second-order valence-corrected chi connectivity index (χ2v) is 7.20. The average Bonchev–Trinajstić information content (AvgIpc) is 2.85. The number of nitro benzene ring substituents is 1. The van der Waals surface area contributed by atoms with Gasteiger partial charge in [-0.25, -0.2) is 9.38 Å². The number of halogens is 1. The quantitative estimate of drug-likeness (QED) is 0.568. The van der Waals surface area contributed by atoms with Crippen LogP contribution in [-0.2, 0) is 0 Å². The minimum atomic E-state index is -0.614. The zero-order chi connectivity index (χ0) is 21.6. The fraction of sp³-hybridized carbons (Fsp3) is 0.300. The van der Waals surface area contributed by atoms with Crippen molar-refractivity contribution in [2.45, 2.75) is 6.17 Å². The molecule has 2 aliphatic heterocycles. The van der Waals surface area contributed by atoms with Crippen LogP contribution in [0.2, 0.25) is 0 Å². The topological polar surface area (TPSA) is 91.5 Å². The molecule has 0 N–H and O–H groups in total. The van der Waals surface area contributed by atoms with E-state index >= 15 is 0 Å². The molecule has 1 fully saturated rings. The highest BCUT2D eigenvalue weighted by atomic mass is 19.1. The molecule has 0 aromatic heterocycles. The van der Waals surface area contributed by atoms with E-state index < -0.39 is 22.8 Å². The summed E-state index contributed by atoms with van der Waals surface area (Å²) in [6.45, 7) is 1.34. The van der Waals surface area contributed by atoms with E-state index in [-0.39, 0.29) is 17.0 Å². The first-order valence-electron chi connectivity index (χ1n) is 9.27. The molecule has 9 nitrogen and oxygen atoms in total. The van der Waals surface area contributed by atoms with E-state index in [2.05, 4.69) is 4.99 Å². The van der Waals surface area contributed by atoms with Crippen LogP contribution in [0.3, 0.4) is 0 Å². The van der Waals surface area contributed by atoms with Crippen molar-refractivity contribution in [3.05, 3.63) is 57.9 Å². The Morgan fingerprint density at radius 3 is 2.63 bits per heavy atom. The highest BCUT2D eigenvalue weighted by Crippen LogP contribution is 2.35. The summed E-state index contributed by atoms with van der Waals surface area (Å²) in [5.41, 5.74) is 0.514. The third-order valence-electron chi connectivity index (χ3n) is 5.36. The normalized spacial score (nSPS) is 19.0. The summed E-state index contributed by atoms with van der Waals surface area (Å²) in [5, 5.41) is 11.3. The molecule has 0 radical (unpaired) electrons. The van der Waals surface area contributed by atoms with Crippen LogP contribution in [0, 0.1) is 15.9 Å². The highest BCUT2D eigenvalue weighted by Gasteiger charge is 2.41. The summed E-state index contributed by atoms with van der Waals surface area (Å²) in [6, 6.07) is 8.25. The van der Waals surface area contributed by atoms with Gasteiger partial charge in [0.05, 0.1) is 23.3 Å².